The lowest BCUT2D eigenvalue weighted by molar-refractivity contribution is 0.172. The molecular weight excluding hydrogens is 213 g/mol. The molecule has 1 heterocycles. The van der Waals surface area contributed by atoms with Gasteiger partial charge in [0.05, 0.1) is 5.69 Å². The molecule has 0 bridgehead atoms. The number of nitrogens with two attached hydrogens (primary N) is 1. The molecule has 1 aliphatic rings. The lowest BCUT2D eigenvalue weighted by Gasteiger charge is -2.19. The molecule has 5 heteroatoms. The van der Waals surface area contributed by atoms with E-state index in [1.165, 1.54) is 0 Å². The highest BCUT2D eigenvalue weighted by Crippen LogP contribution is 2.40. The van der Waals surface area contributed by atoms with Gasteiger partial charge in [-0.25, -0.2) is 0 Å². The van der Waals surface area contributed by atoms with Gasteiger partial charge < -0.3 is 15.2 Å². The predicted octanol–water partition coefficient (Wildman–Crippen LogP) is 2.12. The van der Waals surface area contributed by atoms with Gasteiger partial charge in [-0.05, 0) is 12.1 Å². The van der Waals surface area contributed by atoms with Crippen molar-refractivity contribution in [1.29, 1.82) is 0 Å². The van der Waals surface area contributed by atoms with Gasteiger partial charge in [0.2, 0.25) is 0 Å². The Kier molecular flexibility index (Phi) is 3.12. The van der Waals surface area contributed by atoms with Crippen molar-refractivity contribution < 1.29 is 9.47 Å². The number of anilines is 1. The fourth-order valence-electron chi connectivity index (χ4n) is 1.10. The lowest BCUT2D eigenvalue weighted by atomic mass is 10.2. The SMILES string of the molecule is Cl.Nc1ccc2c(c1Cl)OCCO2. The fraction of sp³-hybridized carbons (Fsp3) is 0.250. The average molecular weight is 222 g/mol. The van der Waals surface area contributed by atoms with Gasteiger partial charge in [-0.3, -0.25) is 0 Å². The van der Waals surface area contributed by atoms with Crippen LogP contribution in [0.3, 0.4) is 0 Å². The molecule has 72 valence electrons. The predicted molar refractivity (Wildman–Crippen MR) is 54.1 cm³/mol. The van der Waals surface area contributed by atoms with Crippen LogP contribution in [0.25, 0.3) is 0 Å². The Bertz CT molecular complexity index is 317. The summed E-state index contributed by atoms with van der Waals surface area (Å²) in [6, 6.07) is 3.46. The Hall–Kier alpha value is -0.800. The Morgan fingerprint density at radius 2 is 1.92 bits per heavy atom. The van der Waals surface area contributed by atoms with Crippen LogP contribution in [-0.2, 0) is 0 Å². The van der Waals surface area contributed by atoms with Crippen molar-refractivity contribution in [2.75, 3.05) is 18.9 Å². The van der Waals surface area contributed by atoms with E-state index in [9.17, 15) is 0 Å². The first kappa shape index (κ1) is 10.3. The molecule has 0 radical (unpaired) electrons. The summed E-state index contributed by atoms with van der Waals surface area (Å²) in [4.78, 5) is 0. The van der Waals surface area contributed by atoms with E-state index in [2.05, 4.69) is 0 Å². The molecule has 0 fully saturated rings. The van der Waals surface area contributed by atoms with Crippen LogP contribution in [0.2, 0.25) is 5.02 Å². The molecule has 2 rings (SSSR count). The van der Waals surface area contributed by atoms with Gasteiger partial charge >= 0.3 is 0 Å². The standard InChI is InChI=1S/C8H8ClNO2.ClH/c9-7-5(10)1-2-6-8(7)12-4-3-11-6;/h1-2H,3-4,10H2;1H. The summed E-state index contributed by atoms with van der Waals surface area (Å²) in [5.41, 5.74) is 6.09. The molecule has 0 saturated carbocycles. The van der Waals surface area contributed by atoms with Gasteiger partial charge in [-0.15, -0.1) is 12.4 Å². The third-order valence-electron chi connectivity index (χ3n) is 1.68. The van der Waals surface area contributed by atoms with E-state index in [4.69, 9.17) is 26.8 Å². The van der Waals surface area contributed by atoms with Crippen molar-refractivity contribution in [2.45, 2.75) is 0 Å². The monoisotopic (exact) mass is 221 g/mol. The molecule has 1 aliphatic heterocycles. The van der Waals surface area contributed by atoms with Crippen LogP contribution in [0.15, 0.2) is 12.1 Å². The van der Waals surface area contributed by atoms with Crippen LogP contribution in [0.1, 0.15) is 0 Å². The molecule has 0 spiro atoms. The third-order valence-corrected chi connectivity index (χ3v) is 2.07. The van der Waals surface area contributed by atoms with Gasteiger partial charge in [0, 0.05) is 0 Å². The minimum atomic E-state index is 0. The Morgan fingerprint density at radius 3 is 2.69 bits per heavy atom. The van der Waals surface area contributed by atoms with Crippen molar-refractivity contribution >= 4 is 29.7 Å². The maximum atomic E-state index is 5.88. The Morgan fingerprint density at radius 1 is 1.23 bits per heavy atom. The molecule has 1 aromatic rings. The van der Waals surface area contributed by atoms with E-state index in [0.29, 0.717) is 35.4 Å². The molecule has 0 aromatic heterocycles. The quantitative estimate of drug-likeness (QED) is 0.683. The van der Waals surface area contributed by atoms with Crippen LogP contribution in [-0.4, -0.2) is 13.2 Å². The number of nitrogen functional groups attached to an aromatic ring is 1. The molecule has 13 heavy (non-hydrogen) atoms. The van der Waals surface area contributed by atoms with Crippen LogP contribution in [0.4, 0.5) is 5.69 Å². The summed E-state index contributed by atoms with van der Waals surface area (Å²) in [7, 11) is 0. The first-order chi connectivity index (χ1) is 5.79. The van der Waals surface area contributed by atoms with Crippen molar-refractivity contribution in [3.05, 3.63) is 17.2 Å². The Balaban J connectivity index is 0.000000845. The maximum absolute atomic E-state index is 5.88. The number of hydrogen-bond acceptors (Lipinski definition) is 3. The molecule has 3 nitrogen and oxygen atoms in total. The second-order valence-electron chi connectivity index (χ2n) is 2.49. The average Bonchev–Trinajstić information content (AvgIpc) is 2.12. The Labute approximate surface area is 87.2 Å². The summed E-state index contributed by atoms with van der Waals surface area (Å²) < 4.78 is 10.6. The number of ether oxygens (including phenoxy) is 2. The van der Waals surface area contributed by atoms with Crippen LogP contribution < -0.4 is 15.2 Å². The molecule has 0 amide bonds. The second-order valence-corrected chi connectivity index (χ2v) is 2.87. The third kappa shape index (κ3) is 1.76. The van der Waals surface area contributed by atoms with Crippen molar-refractivity contribution in [2.24, 2.45) is 0 Å². The van der Waals surface area contributed by atoms with Gasteiger partial charge in [0.15, 0.2) is 11.5 Å². The zero-order valence-corrected chi connectivity index (χ0v) is 8.32. The van der Waals surface area contributed by atoms with Gasteiger partial charge in [-0.2, -0.15) is 0 Å². The van der Waals surface area contributed by atoms with E-state index in [0.717, 1.165) is 0 Å². The zero-order chi connectivity index (χ0) is 8.55. The van der Waals surface area contributed by atoms with E-state index in [1.54, 1.807) is 12.1 Å². The van der Waals surface area contributed by atoms with Crippen molar-refractivity contribution in [1.82, 2.24) is 0 Å². The highest BCUT2D eigenvalue weighted by Gasteiger charge is 2.16. The molecule has 0 atom stereocenters. The smallest absolute Gasteiger partial charge is 0.182 e. The normalized spacial score (nSPS) is 13.3. The molecule has 0 unspecified atom stereocenters. The van der Waals surface area contributed by atoms with Gasteiger partial charge in [0.25, 0.3) is 0 Å². The lowest BCUT2D eigenvalue weighted by Crippen LogP contribution is -2.15. The molecule has 0 aliphatic carbocycles. The largest absolute Gasteiger partial charge is 0.486 e. The maximum Gasteiger partial charge on any atom is 0.182 e. The summed E-state index contributed by atoms with van der Waals surface area (Å²) in [5.74, 6) is 1.23. The van der Waals surface area contributed by atoms with Crippen LogP contribution >= 0.6 is 24.0 Å². The highest BCUT2D eigenvalue weighted by molar-refractivity contribution is 6.34. The highest BCUT2D eigenvalue weighted by atomic mass is 35.5. The van der Waals surface area contributed by atoms with Crippen molar-refractivity contribution in [3.63, 3.8) is 0 Å². The van der Waals surface area contributed by atoms with Gasteiger partial charge in [-0.1, -0.05) is 11.6 Å². The van der Waals surface area contributed by atoms with Gasteiger partial charge in [0.1, 0.15) is 18.2 Å². The van der Waals surface area contributed by atoms with E-state index >= 15 is 0 Å². The number of benzene rings is 1. The number of rotatable bonds is 0. The fourth-order valence-corrected chi connectivity index (χ4v) is 1.31. The zero-order valence-electron chi connectivity index (χ0n) is 6.75. The summed E-state index contributed by atoms with van der Waals surface area (Å²) in [6.45, 7) is 1.09. The molecular formula is C8H9Cl2NO2. The minimum absolute atomic E-state index is 0. The summed E-state index contributed by atoms with van der Waals surface area (Å²) >= 11 is 5.88. The molecule has 1 aromatic carbocycles. The van der Waals surface area contributed by atoms with E-state index in [1.807, 2.05) is 0 Å². The number of hydrogen-bond donors (Lipinski definition) is 1. The summed E-state index contributed by atoms with van der Waals surface area (Å²) in [6.07, 6.45) is 0. The number of fused-ring (bicyclic) bond motifs is 1. The van der Waals surface area contributed by atoms with Crippen molar-refractivity contribution in [3.8, 4) is 11.5 Å². The first-order valence-corrected chi connectivity index (χ1v) is 4.00. The second kappa shape index (κ2) is 3.94. The van der Waals surface area contributed by atoms with E-state index < -0.39 is 0 Å². The summed E-state index contributed by atoms with van der Waals surface area (Å²) in [5, 5.41) is 0.437. The van der Waals surface area contributed by atoms with Crippen LogP contribution in [0.5, 0.6) is 11.5 Å². The van der Waals surface area contributed by atoms with E-state index in [-0.39, 0.29) is 12.4 Å². The first-order valence-electron chi connectivity index (χ1n) is 3.62. The minimum Gasteiger partial charge on any atom is -0.486 e. The number of halogens is 2. The van der Waals surface area contributed by atoms with Crippen LogP contribution in [0, 0.1) is 0 Å². The topological polar surface area (TPSA) is 44.5 Å². The molecule has 2 N–H and O–H groups in total. The molecule has 0 saturated heterocycles.